The fourth-order valence-electron chi connectivity index (χ4n) is 8.84. The van der Waals surface area contributed by atoms with Gasteiger partial charge in [-0.15, -0.1) is 0 Å². The third kappa shape index (κ3) is 14.5. The van der Waals surface area contributed by atoms with E-state index in [-0.39, 0.29) is 51.6 Å². The number of rotatable bonds is 13. The molecule has 21 nitrogen and oxygen atoms in total. The van der Waals surface area contributed by atoms with Gasteiger partial charge in [0.15, 0.2) is 0 Å². The average molecular weight is 965 g/mol. The quantitative estimate of drug-likeness (QED) is 0.0869. The van der Waals surface area contributed by atoms with Gasteiger partial charge in [-0.2, -0.15) is 0 Å². The van der Waals surface area contributed by atoms with Crippen LogP contribution in [-0.2, 0) is 62.4 Å². The number of fused-ring (bicyclic) bond motifs is 2. The van der Waals surface area contributed by atoms with Crippen LogP contribution in [-0.4, -0.2) is 128 Å². The summed E-state index contributed by atoms with van der Waals surface area (Å²) in [4.78, 5) is 136. The van der Waals surface area contributed by atoms with Crippen LogP contribution in [0.1, 0.15) is 88.5 Å². The minimum absolute atomic E-state index is 0.0117. The van der Waals surface area contributed by atoms with E-state index in [2.05, 4.69) is 52.2 Å². The van der Waals surface area contributed by atoms with E-state index in [0.717, 1.165) is 10.9 Å². The monoisotopic (exact) mass is 964 g/mol. The summed E-state index contributed by atoms with van der Waals surface area (Å²) in [7, 11) is 0. The van der Waals surface area contributed by atoms with Crippen molar-refractivity contribution in [3.8, 4) is 0 Å². The van der Waals surface area contributed by atoms with Gasteiger partial charge in [-0.3, -0.25) is 43.2 Å². The van der Waals surface area contributed by atoms with E-state index in [4.69, 9.17) is 5.73 Å². The molecule has 7 atom stereocenters. The minimum atomic E-state index is -1.54. The number of imidazole rings is 1. The van der Waals surface area contributed by atoms with Gasteiger partial charge >= 0.3 is 0 Å². The highest BCUT2D eigenvalue weighted by atomic mass is 16.2. The number of hydrogen-bond donors (Lipinski definition) is 10. The van der Waals surface area contributed by atoms with Gasteiger partial charge in [0.25, 0.3) is 0 Å². The molecule has 2 aromatic heterocycles. The molecule has 4 aromatic rings. The van der Waals surface area contributed by atoms with Crippen LogP contribution >= 0.6 is 0 Å². The van der Waals surface area contributed by atoms with Crippen LogP contribution in [0.15, 0.2) is 73.3 Å². The first-order valence-electron chi connectivity index (χ1n) is 23.9. The van der Waals surface area contributed by atoms with E-state index in [1.807, 2.05) is 31.2 Å². The second-order valence-electron chi connectivity index (χ2n) is 17.9. The van der Waals surface area contributed by atoms with Gasteiger partial charge in [-0.25, -0.2) is 4.98 Å². The van der Waals surface area contributed by atoms with Crippen molar-refractivity contribution in [1.82, 2.24) is 57.1 Å². The number of benzene rings is 2. The molecule has 2 aliphatic heterocycles. The van der Waals surface area contributed by atoms with Crippen molar-refractivity contribution in [3.63, 3.8) is 0 Å². The molecule has 0 saturated carbocycles. The molecule has 2 saturated heterocycles. The van der Waals surface area contributed by atoms with Crippen molar-refractivity contribution in [1.29, 1.82) is 0 Å². The number of hydrogen-bond acceptors (Lipinski definition) is 10. The van der Waals surface area contributed by atoms with Crippen LogP contribution in [0.5, 0.6) is 0 Å². The molecule has 2 aromatic carbocycles. The second-order valence-corrected chi connectivity index (χ2v) is 17.9. The molecule has 0 aliphatic carbocycles. The molecule has 9 amide bonds. The van der Waals surface area contributed by atoms with Gasteiger partial charge in [-0.1, -0.05) is 68.3 Å². The number of H-pyrrole nitrogens is 2. The van der Waals surface area contributed by atoms with Crippen LogP contribution in [0.4, 0.5) is 0 Å². The Morgan fingerprint density at radius 2 is 1.51 bits per heavy atom. The van der Waals surface area contributed by atoms with Crippen LogP contribution in [0, 0.1) is 0 Å². The predicted octanol–water partition coefficient (Wildman–Crippen LogP) is 0.204. The average Bonchev–Trinajstić information content (AvgIpc) is 4.14. The highest BCUT2D eigenvalue weighted by molar-refractivity contribution is 5.99. The number of amides is 9. The number of nitrogens with zero attached hydrogens (tertiary/aromatic N) is 2. The van der Waals surface area contributed by atoms with E-state index >= 15 is 0 Å². The molecule has 70 heavy (non-hydrogen) atoms. The largest absolute Gasteiger partial charge is 0.368 e. The zero-order valence-corrected chi connectivity index (χ0v) is 39.5. The van der Waals surface area contributed by atoms with Crippen molar-refractivity contribution < 1.29 is 43.2 Å². The van der Waals surface area contributed by atoms with E-state index < -0.39 is 102 Å². The van der Waals surface area contributed by atoms with Crippen LogP contribution < -0.4 is 43.0 Å². The zero-order chi connectivity index (χ0) is 50.2. The Hall–Kier alpha value is -7.58. The minimum Gasteiger partial charge on any atom is -0.368 e. The van der Waals surface area contributed by atoms with E-state index in [1.165, 1.54) is 24.3 Å². The summed E-state index contributed by atoms with van der Waals surface area (Å²) in [5, 5.41) is 19.9. The Kier molecular flexibility index (Phi) is 18.6. The van der Waals surface area contributed by atoms with Crippen LogP contribution in [0.3, 0.4) is 0 Å². The van der Waals surface area contributed by atoms with Crippen molar-refractivity contribution in [2.24, 2.45) is 5.73 Å². The maximum Gasteiger partial charge on any atom is 0.246 e. The summed E-state index contributed by atoms with van der Waals surface area (Å²) in [6.07, 6.45) is 6.78. The first-order valence-corrected chi connectivity index (χ1v) is 23.9. The Balaban J connectivity index is 1.35. The Labute approximate surface area is 405 Å². The Morgan fingerprint density at radius 3 is 2.24 bits per heavy atom. The molecule has 374 valence electrons. The molecule has 2 aliphatic rings. The lowest BCUT2D eigenvalue weighted by Crippen LogP contribution is -2.61. The number of aromatic amines is 2. The van der Waals surface area contributed by atoms with E-state index in [1.54, 1.807) is 36.5 Å². The summed E-state index contributed by atoms with van der Waals surface area (Å²) < 4.78 is 0. The molecule has 21 heteroatoms. The summed E-state index contributed by atoms with van der Waals surface area (Å²) in [6.45, 7) is 3.39. The van der Waals surface area contributed by atoms with Crippen molar-refractivity contribution in [2.75, 3.05) is 13.1 Å². The molecule has 7 unspecified atom stereocenters. The van der Waals surface area contributed by atoms with Crippen LogP contribution in [0.25, 0.3) is 10.9 Å². The molecule has 2 fully saturated rings. The number of carbonyl (C=O) groups excluding carboxylic acids is 9. The molecule has 6 rings (SSSR count). The number of carbonyl (C=O) groups is 9. The zero-order valence-electron chi connectivity index (χ0n) is 39.5. The van der Waals surface area contributed by atoms with Gasteiger partial charge < -0.3 is 57.8 Å². The number of unbranched alkanes of at least 4 members (excludes halogenated alkanes) is 1. The van der Waals surface area contributed by atoms with Gasteiger partial charge in [0.2, 0.25) is 53.2 Å². The lowest BCUT2D eigenvalue weighted by Gasteiger charge is -2.31. The standard InChI is InChI=1S/C49H64N12O9/c1-3-4-16-36(55-29(2)62)44(65)58-39-25-42(63)52-20-11-10-18-35(43(50)64)56-45(66)37(23-31-26-53-34-17-9-8-15-33(31)34)59-48(69)41-19-12-21-61(41)49(70)40(22-30-13-6-5-7-14-30)60-46(67)38(57-47(39)68)24-32-27-51-28-54-32/h5-9,13-15,17,26-28,35-41,53H,3-4,10-12,16,18-25H2,1-2H3,(H2,50,64)(H,51,54)(H,52,63)(H,55,62)(H,56,66)(H,57,68)(H,58,65)(H,59,69)(H,60,67). The first kappa shape index (κ1) is 51.8. The molecular formula is C49H64N12O9. The molecule has 0 spiro atoms. The van der Waals surface area contributed by atoms with Crippen molar-refractivity contribution in [2.45, 2.75) is 133 Å². The maximum absolute atomic E-state index is 14.9. The van der Waals surface area contributed by atoms with E-state index in [0.29, 0.717) is 48.9 Å². The van der Waals surface area contributed by atoms with E-state index in [9.17, 15) is 43.2 Å². The highest BCUT2D eigenvalue weighted by Gasteiger charge is 2.41. The maximum atomic E-state index is 14.9. The Morgan fingerprint density at radius 1 is 0.800 bits per heavy atom. The molecule has 0 radical (unpaired) electrons. The molecule has 0 bridgehead atoms. The smallest absolute Gasteiger partial charge is 0.246 e. The number of aromatic nitrogens is 3. The van der Waals surface area contributed by atoms with Gasteiger partial charge in [0.1, 0.15) is 42.3 Å². The normalized spacial score (nSPS) is 22.9. The molecular weight excluding hydrogens is 901 g/mol. The fraction of sp³-hybridized carbons (Fsp3) is 0.469. The highest BCUT2D eigenvalue weighted by Crippen LogP contribution is 2.23. The topological polar surface area (TPSA) is 312 Å². The lowest BCUT2D eigenvalue weighted by atomic mass is 10.0. The third-order valence-corrected chi connectivity index (χ3v) is 12.5. The van der Waals surface area contributed by atoms with Crippen molar-refractivity contribution in [3.05, 3.63) is 90.1 Å². The number of nitrogens with two attached hydrogens (primary N) is 1. The van der Waals surface area contributed by atoms with Crippen LogP contribution in [0.2, 0.25) is 0 Å². The molecule has 11 N–H and O–H groups in total. The third-order valence-electron chi connectivity index (χ3n) is 12.5. The summed E-state index contributed by atoms with van der Waals surface area (Å²) in [6, 6.07) is 7.71. The van der Waals surface area contributed by atoms with Crippen molar-refractivity contribution >= 4 is 64.1 Å². The summed E-state index contributed by atoms with van der Waals surface area (Å²) in [5.74, 6) is -6.22. The van der Waals surface area contributed by atoms with Gasteiger partial charge in [0, 0.05) is 68.3 Å². The molecule has 4 heterocycles. The van der Waals surface area contributed by atoms with Gasteiger partial charge in [0.05, 0.1) is 12.7 Å². The lowest BCUT2D eigenvalue weighted by molar-refractivity contribution is -0.142. The predicted molar refractivity (Wildman–Crippen MR) is 257 cm³/mol. The SMILES string of the molecule is CCCCC(NC(C)=O)C(=O)NC1CC(=O)NCCCCC(C(N)=O)NC(=O)C(Cc2c[nH]c3ccccc23)NC(=O)C2CCCN2C(=O)C(Cc2ccccc2)NC(=O)C(Cc2cnc[nH]2)NC1=O. The van der Waals surface area contributed by atoms with Gasteiger partial charge in [-0.05, 0) is 55.7 Å². The number of para-hydroxylation sites is 1. The summed E-state index contributed by atoms with van der Waals surface area (Å²) in [5.41, 5.74) is 8.43. The second kappa shape index (κ2) is 25.2. The Bertz CT molecular complexity index is 2480. The fourth-order valence-corrected chi connectivity index (χ4v) is 8.84. The summed E-state index contributed by atoms with van der Waals surface area (Å²) >= 11 is 0. The first-order chi connectivity index (χ1) is 33.7. The number of nitrogens with one attached hydrogen (secondary N) is 9. The number of primary amides is 1.